The maximum Gasteiger partial charge on any atom is 0.264 e. The maximum atomic E-state index is 14.7. The zero-order valence-corrected chi connectivity index (χ0v) is 30.0. The molecule has 0 spiro atoms. The third kappa shape index (κ3) is 9.55. The molecule has 0 saturated carbocycles. The smallest absolute Gasteiger partial charge is 0.264 e. The normalized spacial score (nSPS) is 12.5. The average Bonchev–Trinajstić information content (AvgIpc) is 3.10. The Hall–Kier alpha value is -3.99. The van der Waals surface area contributed by atoms with Crippen molar-refractivity contribution in [2.75, 3.05) is 23.7 Å². The molecule has 0 heterocycles. The Kier molecular flexibility index (Phi) is 13.4. The van der Waals surface area contributed by atoms with Crippen molar-refractivity contribution < 1.29 is 22.7 Å². The zero-order valence-electron chi connectivity index (χ0n) is 27.6. The van der Waals surface area contributed by atoms with Crippen LogP contribution in [0.4, 0.5) is 5.69 Å². The number of hydrogen-bond donors (Lipinski definition) is 1. The molecule has 0 bridgehead atoms. The van der Waals surface area contributed by atoms with E-state index in [1.54, 1.807) is 54.6 Å². The first-order valence-corrected chi connectivity index (χ1v) is 18.9. The van der Waals surface area contributed by atoms with Gasteiger partial charge in [0.1, 0.15) is 18.3 Å². The molecule has 0 aromatic heterocycles. The number of nitrogens with one attached hydrogen (secondary N) is 1. The highest BCUT2D eigenvalue weighted by molar-refractivity contribution is 7.98. The molecule has 4 rings (SSSR count). The van der Waals surface area contributed by atoms with Gasteiger partial charge in [-0.1, -0.05) is 67.1 Å². The average molecular weight is 708 g/mol. The van der Waals surface area contributed by atoms with E-state index in [1.165, 1.54) is 28.8 Å². The van der Waals surface area contributed by atoms with Crippen LogP contribution in [0.5, 0.6) is 5.75 Å². The van der Waals surface area contributed by atoms with E-state index in [1.807, 2.05) is 63.4 Å². The van der Waals surface area contributed by atoms with Crippen molar-refractivity contribution >= 4 is 50.9 Å². The van der Waals surface area contributed by atoms with Gasteiger partial charge < -0.3 is 15.0 Å². The second-order valence-corrected chi connectivity index (χ2v) is 14.4. The third-order valence-corrected chi connectivity index (χ3v) is 10.8. The van der Waals surface area contributed by atoms with Gasteiger partial charge in [0.05, 0.1) is 17.2 Å². The van der Waals surface area contributed by atoms with Crippen LogP contribution in [0.25, 0.3) is 0 Å². The Balaban J connectivity index is 1.82. The lowest BCUT2D eigenvalue weighted by molar-refractivity contribution is -0.140. The molecule has 0 aliphatic heterocycles. The van der Waals surface area contributed by atoms with E-state index in [0.717, 1.165) is 14.8 Å². The molecular formula is C37H42ClN3O5S2. The summed E-state index contributed by atoms with van der Waals surface area (Å²) in [4.78, 5) is 31.0. The first kappa shape index (κ1) is 36.8. The maximum absolute atomic E-state index is 14.7. The molecule has 254 valence electrons. The van der Waals surface area contributed by atoms with Crippen LogP contribution in [0, 0.1) is 0 Å². The van der Waals surface area contributed by atoms with Gasteiger partial charge in [-0.2, -0.15) is 0 Å². The van der Waals surface area contributed by atoms with Crippen LogP contribution in [0.3, 0.4) is 0 Å². The van der Waals surface area contributed by atoms with Gasteiger partial charge in [-0.25, -0.2) is 8.42 Å². The van der Waals surface area contributed by atoms with E-state index in [9.17, 15) is 18.0 Å². The van der Waals surface area contributed by atoms with Crippen molar-refractivity contribution in [2.45, 2.75) is 62.0 Å². The minimum Gasteiger partial charge on any atom is -0.494 e. The molecule has 0 aliphatic rings. The van der Waals surface area contributed by atoms with E-state index in [0.29, 0.717) is 29.4 Å². The lowest BCUT2D eigenvalue weighted by atomic mass is 10.0. The van der Waals surface area contributed by atoms with Gasteiger partial charge in [0.15, 0.2) is 0 Å². The van der Waals surface area contributed by atoms with Crippen molar-refractivity contribution in [3.05, 3.63) is 119 Å². The molecule has 0 fully saturated rings. The Morgan fingerprint density at radius 2 is 1.54 bits per heavy atom. The number of carbonyl (C=O) groups excluding carboxylic acids is 2. The summed E-state index contributed by atoms with van der Waals surface area (Å²) in [7, 11) is -4.23. The van der Waals surface area contributed by atoms with Crippen LogP contribution >= 0.6 is 23.4 Å². The molecule has 0 saturated heterocycles. The number of thioether (sulfide) groups is 1. The monoisotopic (exact) mass is 707 g/mol. The highest BCUT2D eigenvalue weighted by Crippen LogP contribution is 2.29. The van der Waals surface area contributed by atoms with E-state index in [-0.39, 0.29) is 35.5 Å². The fourth-order valence-corrected chi connectivity index (χ4v) is 7.10. The van der Waals surface area contributed by atoms with Crippen LogP contribution in [0.1, 0.15) is 38.3 Å². The number of ether oxygens (including phenoxy) is 1. The summed E-state index contributed by atoms with van der Waals surface area (Å²) in [6.45, 7) is 5.60. The number of anilines is 1. The van der Waals surface area contributed by atoms with Crippen LogP contribution in [-0.2, 0) is 32.6 Å². The van der Waals surface area contributed by atoms with Crippen LogP contribution in [-0.4, -0.2) is 56.6 Å². The topological polar surface area (TPSA) is 96.0 Å². The van der Waals surface area contributed by atoms with Crippen LogP contribution in [0.15, 0.2) is 113 Å². The van der Waals surface area contributed by atoms with Gasteiger partial charge >= 0.3 is 0 Å². The molecule has 48 heavy (non-hydrogen) atoms. The van der Waals surface area contributed by atoms with E-state index >= 15 is 0 Å². The van der Waals surface area contributed by atoms with Gasteiger partial charge in [0.25, 0.3) is 10.0 Å². The lowest BCUT2D eigenvalue weighted by Gasteiger charge is -2.34. The Bertz CT molecular complexity index is 1750. The number of carbonyl (C=O) groups is 2. The van der Waals surface area contributed by atoms with E-state index in [4.69, 9.17) is 16.3 Å². The summed E-state index contributed by atoms with van der Waals surface area (Å²) < 4.78 is 35.3. The molecule has 0 unspecified atom stereocenters. The standard InChI is InChI=1S/C37H42ClN3O5S2/c1-5-27(3)39-37(43)35(24-28-12-8-7-9-13-28)40(25-29-14-10-11-15-34(29)38)36(42)26-41(30-16-18-31(19-17-30)46-6-2)48(44,45)33-22-20-32(47-4)21-23-33/h7-23,27,35H,5-6,24-26H2,1-4H3,(H,39,43)/t27-,35-/m0/s1. The predicted molar refractivity (Wildman–Crippen MR) is 194 cm³/mol. The van der Waals surface area contributed by atoms with Crippen molar-refractivity contribution in [3.63, 3.8) is 0 Å². The van der Waals surface area contributed by atoms with E-state index < -0.39 is 28.5 Å². The summed E-state index contributed by atoms with van der Waals surface area (Å²) in [6, 6.07) is 28.5. The number of halogens is 1. The minimum absolute atomic E-state index is 0.0104. The second kappa shape index (κ2) is 17.4. The Morgan fingerprint density at radius 3 is 2.15 bits per heavy atom. The highest BCUT2D eigenvalue weighted by Gasteiger charge is 2.35. The van der Waals surface area contributed by atoms with Gasteiger partial charge in [0.2, 0.25) is 11.8 Å². The molecule has 4 aromatic carbocycles. The number of nitrogens with zero attached hydrogens (tertiary/aromatic N) is 2. The molecule has 0 radical (unpaired) electrons. The SMILES string of the molecule is CCOc1ccc(N(CC(=O)N(Cc2ccccc2Cl)[C@@H](Cc2ccccc2)C(=O)N[C@@H](C)CC)S(=O)(=O)c2ccc(SC)cc2)cc1. The van der Waals surface area contributed by atoms with Crippen LogP contribution < -0.4 is 14.4 Å². The fourth-order valence-electron chi connectivity index (χ4n) is 5.08. The number of sulfonamides is 1. The van der Waals surface area contributed by atoms with Crippen molar-refractivity contribution in [3.8, 4) is 5.75 Å². The Morgan fingerprint density at radius 1 is 0.896 bits per heavy atom. The van der Waals surface area contributed by atoms with Crippen molar-refractivity contribution in [1.29, 1.82) is 0 Å². The predicted octanol–water partition coefficient (Wildman–Crippen LogP) is 7.21. The molecule has 1 N–H and O–H groups in total. The fraction of sp³-hybridized carbons (Fsp3) is 0.297. The molecule has 8 nitrogen and oxygen atoms in total. The minimum atomic E-state index is -4.23. The lowest BCUT2D eigenvalue weighted by Crippen LogP contribution is -2.54. The molecule has 2 atom stereocenters. The van der Waals surface area contributed by atoms with Gasteiger partial charge in [-0.05, 0) is 92.2 Å². The summed E-state index contributed by atoms with van der Waals surface area (Å²) in [5.74, 6) is -0.329. The summed E-state index contributed by atoms with van der Waals surface area (Å²) in [5.41, 5.74) is 1.76. The van der Waals surface area contributed by atoms with Gasteiger partial charge in [-0.15, -0.1) is 11.8 Å². The third-order valence-electron chi connectivity index (χ3n) is 7.93. The van der Waals surface area contributed by atoms with Crippen molar-refractivity contribution in [2.24, 2.45) is 0 Å². The largest absolute Gasteiger partial charge is 0.494 e. The summed E-state index contributed by atoms with van der Waals surface area (Å²) in [6.07, 6.45) is 2.82. The quantitative estimate of drug-likeness (QED) is 0.124. The molecule has 11 heteroatoms. The van der Waals surface area contributed by atoms with E-state index in [2.05, 4.69) is 5.32 Å². The van der Waals surface area contributed by atoms with Crippen LogP contribution in [0.2, 0.25) is 5.02 Å². The number of benzene rings is 4. The highest BCUT2D eigenvalue weighted by atomic mass is 35.5. The summed E-state index contributed by atoms with van der Waals surface area (Å²) in [5, 5.41) is 3.47. The first-order valence-electron chi connectivity index (χ1n) is 15.8. The number of hydrogen-bond acceptors (Lipinski definition) is 6. The number of rotatable bonds is 16. The zero-order chi connectivity index (χ0) is 34.7. The van der Waals surface area contributed by atoms with Gasteiger partial charge in [0, 0.05) is 28.9 Å². The molecule has 4 aromatic rings. The van der Waals surface area contributed by atoms with Gasteiger partial charge in [-0.3, -0.25) is 13.9 Å². The molecule has 0 aliphatic carbocycles. The second-order valence-electron chi connectivity index (χ2n) is 11.3. The summed E-state index contributed by atoms with van der Waals surface area (Å²) >= 11 is 8.08. The molecular weight excluding hydrogens is 666 g/mol. The molecule has 2 amide bonds. The number of amides is 2. The first-order chi connectivity index (χ1) is 23.1. The van der Waals surface area contributed by atoms with Crippen molar-refractivity contribution in [1.82, 2.24) is 10.2 Å². The Labute approximate surface area is 293 Å².